The van der Waals surface area contributed by atoms with E-state index in [0.717, 1.165) is 0 Å². The van der Waals surface area contributed by atoms with E-state index in [1.54, 1.807) is 0 Å². The summed E-state index contributed by atoms with van der Waals surface area (Å²) < 4.78 is 68.2. The Bertz CT molecular complexity index is 468. The van der Waals surface area contributed by atoms with Crippen LogP contribution < -0.4 is 0 Å². The third kappa shape index (κ3) is 5.67. The molecule has 0 N–H and O–H groups in total. The molecule has 0 saturated carbocycles. The van der Waals surface area contributed by atoms with Crippen LogP contribution in [0.1, 0.15) is 25.8 Å². The van der Waals surface area contributed by atoms with Crippen LogP contribution in [0.4, 0.5) is 17.6 Å². The number of halogens is 4. The number of aryl methyl sites for hydroxylation is 1. The van der Waals surface area contributed by atoms with Crippen LogP contribution >= 0.6 is 0 Å². The number of hydrogen-bond acceptors (Lipinski definition) is 3. The molecule has 1 aromatic rings. The highest BCUT2D eigenvalue weighted by Gasteiger charge is 2.18. The standard InChI is InChI=1S/C14H20F4O3Si/c1-3-19-14(20-4-2)21-22-7-5-6-9-8-10(15)12(17)13(18)11(9)16/h8,14H,3-7,22H2,1-2H3. The molecule has 0 fully saturated rings. The fraction of sp³-hybridized carbons (Fsp3) is 0.571. The van der Waals surface area contributed by atoms with Gasteiger partial charge < -0.3 is 13.9 Å². The van der Waals surface area contributed by atoms with E-state index in [2.05, 4.69) is 0 Å². The van der Waals surface area contributed by atoms with Gasteiger partial charge in [0.25, 0.3) is 6.48 Å². The lowest BCUT2D eigenvalue weighted by molar-refractivity contribution is -0.243. The van der Waals surface area contributed by atoms with Gasteiger partial charge in [-0.2, -0.15) is 0 Å². The van der Waals surface area contributed by atoms with Gasteiger partial charge in [-0.05, 0) is 44.4 Å². The summed E-state index contributed by atoms with van der Waals surface area (Å²) in [6.07, 6.45) is 0.600. The van der Waals surface area contributed by atoms with E-state index in [1.807, 2.05) is 13.8 Å². The van der Waals surface area contributed by atoms with Crippen molar-refractivity contribution < 1.29 is 31.5 Å². The van der Waals surface area contributed by atoms with Gasteiger partial charge in [0.15, 0.2) is 33.0 Å². The third-order valence-electron chi connectivity index (χ3n) is 2.88. The van der Waals surface area contributed by atoms with E-state index in [0.29, 0.717) is 31.7 Å². The van der Waals surface area contributed by atoms with Crippen molar-refractivity contribution in [2.75, 3.05) is 13.2 Å². The smallest absolute Gasteiger partial charge is 0.261 e. The molecule has 0 amide bonds. The Morgan fingerprint density at radius 3 is 2.23 bits per heavy atom. The van der Waals surface area contributed by atoms with E-state index < -0.39 is 39.5 Å². The molecular weight excluding hydrogens is 320 g/mol. The summed E-state index contributed by atoms with van der Waals surface area (Å²) in [5.74, 6) is -6.26. The Hall–Kier alpha value is -0.963. The fourth-order valence-corrected chi connectivity index (χ4v) is 2.82. The van der Waals surface area contributed by atoms with Crippen molar-refractivity contribution >= 4 is 9.76 Å². The van der Waals surface area contributed by atoms with Crippen molar-refractivity contribution in [1.82, 2.24) is 0 Å². The van der Waals surface area contributed by atoms with Crippen LogP contribution in [0.15, 0.2) is 6.07 Å². The van der Waals surface area contributed by atoms with E-state index in [-0.39, 0.29) is 12.0 Å². The minimum atomic E-state index is -1.78. The second-order valence-electron chi connectivity index (χ2n) is 4.49. The zero-order chi connectivity index (χ0) is 16.5. The van der Waals surface area contributed by atoms with Crippen molar-refractivity contribution in [2.24, 2.45) is 0 Å². The SMILES string of the molecule is CCOC(OCC)O[SiH2]CCCc1cc(F)c(F)c(F)c1F. The average molecular weight is 340 g/mol. The molecule has 0 unspecified atom stereocenters. The number of hydrogen-bond donors (Lipinski definition) is 0. The molecule has 3 nitrogen and oxygen atoms in total. The van der Waals surface area contributed by atoms with Crippen LogP contribution in [0.5, 0.6) is 0 Å². The molecular formula is C14H20F4O3Si. The van der Waals surface area contributed by atoms with Gasteiger partial charge in [-0.25, -0.2) is 17.6 Å². The predicted molar refractivity (Wildman–Crippen MR) is 76.1 cm³/mol. The van der Waals surface area contributed by atoms with Crippen molar-refractivity contribution in [3.05, 3.63) is 34.9 Å². The Morgan fingerprint density at radius 1 is 1.00 bits per heavy atom. The van der Waals surface area contributed by atoms with Crippen LogP contribution in [0.25, 0.3) is 0 Å². The van der Waals surface area contributed by atoms with Gasteiger partial charge in [-0.3, -0.25) is 0 Å². The first-order valence-electron chi connectivity index (χ1n) is 7.17. The van der Waals surface area contributed by atoms with E-state index >= 15 is 0 Å². The van der Waals surface area contributed by atoms with Crippen molar-refractivity contribution in [1.29, 1.82) is 0 Å². The molecule has 0 saturated heterocycles. The Kier molecular flexibility index (Phi) is 8.62. The molecule has 0 heterocycles. The normalized spacial score (nSPS) is 12.0. The van der Waals surface area contributed by atoms with Gasteiger partial charge in [-0.1, -0.05) is 0 Å². The van der Waals surface area contributed by atoms with Crippen LogP contribution in [-0.4, -0.2) is 29.5 Å². The van der Waals surface area contributed by atoms with Crippen LogP contribution in [0, 0.1) is 23.3 Å². The van der Waals surface area contributed by atoms with Crippen molar-refractivity contribution in [2.45, 2.75) is 39.2 Å². The lowest BCUT2D eigenvalue weighted by Gasteiger charge is -2.17. The topological polar surface area (TPSA) is 27.7 Å². The Morgan fingerprint density at radius 2 is 1.64 bits per heavy atom. The molecule has 0 bridgehead atoms. The van der Waals surface area contributed by atoms with E-state index in [9.17, 15) is 17.6 Å². The highest BCUT2D eigenvalue weighted by Crippen LogP contribution is 2.20. The number of benzene rings is 1. The molecule has 0 aliphatic carbocycles. The minimum absolute atomic E-state index is 0.115. The molecule has 0 aliphatic rings. The molecule has 0 radical (unpaired) electrons. The van der Waals surface area contributed by atoms with Gasteiger partial charge >= 0.3 is 0 Å². The Balaban J connectivity index is 2.39. The van der Waals surface area contributed by atoms with Crippen LogP contribution in [0.2, 0.25) is 6.04 Å². The lowest BCUT2D eigenvalue weighted by Crippen LogP contribution is -2.23. The second-order valence-corrected chi connectivity index (χ2v) is 5.94. The first-order chi connectivity index (χ1) is 10.5. The number of ether oxygens (including phenoxy) is 2. The van der Waals surface area contributed by atoms with Crippen molar-refractivity contribution in [3.63, 3.8) is 0 Å². The lowest BCUT2D eigenvalue weighted by atomic mass is 10.1. The van der Waals surface area contributed by atoms with Crippen LogP contribution in [0.3, 0.4) is 0 Å². The summed E-state index contributed by atoms with van der Waals surface area (Å²) in [6, 6.07) is 1.34. The number of rotatable bonds is 10. The van der Waals surface area contributed by atoms with Gasteiger partial charge in [0.1, 0.15) is 0 Å². The molecule has 0 atom stereocenters. The quantitative estimate of drug-likeness (QED) is 0.164. The average Bonchev–Trinajstić information content (AvgIpc) is 2.50. The first kappa shape index (κ1) is 19.1. The summed E-state index contributed by atoms with van der Waals surface area (Å²) in [4.78, 5) is 0. The molecule has 0 aromatic heterocycles. The maximum atomic E-state index is 13.4. The van der Waals surface area contributed by atoms with Gasteiger partial charge in [0, 0.05) is 13.2 Å². The molecule has 1 aromatic carbocycles. The molecule has 8 heteroatoms. The Labute approximate surface area is 129 Å². The summed E-state index contributed by atoms with van der Waals surface area (Å²) in [5.41, 5.74) is -0.170. The molecule has 22 heavy (non-hydrogen) atoms. The summed E-state index contributed by atoms with van der Waals surface area (Å²) >= 11 is 0. The van der Waals surface area contributed by atoms with E-state index in [4.69, 9.17) is 13.9 Å². The van der Waals surface area contributed by atoms with Crippen molar-refractivity contribution in [3.8, 4) is 0 Å². The van der Waals surface area contributed by atoms with Crippen LogP contribution in [-0.2, 0) is 20.3 Å². The fourth-order valence-electron chi connectivity index (χ4n) is 1.82. The third-order valence-corrected chi connectivity index (χ3v) is 4.17. The summed E-state index contributed by atoms with van der Waals surface area (Å²) in [5, 5.41) is 0. The van der Waals surface area contributed by atoms with Gasteiger partial charge in [0.2, 0.25) is 0 Å². The zero-order valence-corrected chi connectivity index (χ0v) is 14.0. The highest BCUT2D eigenvalue weighted by atomic mass is 28.2. The van der Waals surface area contributed by atoms with Gasteiger partial charge in [-0.15, -0.1) is 0 Å². The van der Waals surface area contributed by atoms with Gasteiger partial charge in [0.05, 0.1) is 0 Å². The molecule has 1 rings (SSSR count). The molecule has 0 spiro atoms. The zero-order valence-electron chi connectivity index (χ0n) is 12.6. The predicted octanol–water partition coefficient (Wildman–Crippen LogP) is 3.05. The summed E-state index contributed by atoms with van der Waals surface area (Å²) in [7, 11) is -0.966. The van der Waals surface area contributed by atoms with E-state index in [1.165, 1.54) is 0 Å². The largest absolute Gasteiger partial charge is 0.379 e. The first-order valence-corrected chi connectivity index (χ1v) is 8.75. The second kappa shape index (κ2) is 9.93. The maximum absolute atomic E-state index is 13.4. The highest BCUT2D eigenvalue weighted by molar-refractivity contribution is 6.27. The minimum Gasteiger partial charge on any atom is -0.379 e. The summed E-state index contributed by atoms with van der Waals surface area (Å²) in [6.45, 7) is 3.85. The maximum Gasteiger partial charge on any atom is 0.261 e. The molecule has 126 valence electrons. The molecule has 0 aliphatic heterocycles. The monoisotopic (exact) mass is 340 g/mol.